The van der Waals surface area contributed by atoms with Gasteiger partial charge in [0.1, 0.15) is 26.9 Å². The summed E-state index contributed by atoms with van der Waals surface area (Å²) in [7, 11) is -18.0. The Morgan fingerprint density at radius 3 is 1.71 bits per heavy atom. The average Bonchev–Trinajstić information content (AvgIpc) is 3.29. The van der Waals surface area contributed by atoms with E-state index >= 15 is 0 Å². The molecule has 0 spiro atoms. The number of sulfonamides is 1. The molecule has 0 unspecified atom stereocenters. The number of nitrogens with two attached hydrogens (primary N) is 3. The quantitative estimate of drug-likeness (QED) is 0.00626. The molecule has 0 aliphatic carbocycles. The maximum atomic E-state index is 13.2. The van der Waals surface area contributed by atoms with Crippen LogP contribution in [0.1, 0.15) is 0 Å². The molecule has 0 aliphatic heterocycles. The number of fused-ring (bicyclic) bond motifs is 1. The molecule has 28 nitrogen and oxygen atoms in total. The van der Waals surface area contributed by atoms with Gasteiger partial charge in [-0.1, -0.05) is 10.1 Å². The second-order valence-electron chi connectivity index (χ2n) is 13.5. The highest BCUT2D eigenvalue weighted by molar-refractivity contribution is 7.94. The summed E-state index contributed by atoms with van der Waals surface area (Å²) in [6, 6.07) is 19.1. The van der Waals surface area contributed by atoms with Crippen LogP contribution in [0.5, 0.6) is 5.75 Å². The summed E-state index contributed by atoms with van der Waals surface area (Å²) in [5, 5.41) is 58.7. The molecule has 0 amide bonds. The minimum Gasteiger partial charge on any atom is -0.505 e. The van der Waals surface area contributed by atoms with E-state index in [0.717, 1.165) is 30.3 Å². The Labute approximate surface area is 403 Å². The van der Waals surface area contributed by atoms with Crippen LogP contribution >= 0.6 is 24.4 Å². The van der Waals surface area contributed by atoms with Crippen molar-refractivity contribution in [2.24, 2.45) is 30.7 Å². The van der Waals surface area contributed by atoms with Crippen molar-refractivity contribution in [1.82, 2.24) is 0 Å². The molecule has 370 valence electrons. The van der Waals surface area contributed by atoms with Gasteiger partial charge >= 0.3 is 0 Å². The number of rotatable bonds is 21. The average molecular weight is 1090 g/mol. The van der Waals surface area contributed by atoms with E-state index in [2.05, 4.69) is 54.2 Å². The molecule has 0 atom stereocenters. The largest absolute Gasteiger partial charge is 0.505 e. The van der Waals surface area contributed by atoms with Crippen LogP contribution in [-0.4, -0.2) is 70.8 Å². The van der Waals surface area contributed by atoms with Gasteiger partial charge in [0, 0.05) is 5.69 Å². The van der Waals surface area contributed by atoms with Crippen molar-refractivity contribution in [3.63, 3.8) is 0 Å². The van der Waals surface area contributed by atoms with Crippen LogP contribution in [0.25, 0.3) is 10.8 Å². The molecule has 0 heterocycles. The molecule has 0 saturated carbocycles. The second kappa shape index (κ2) is 22.1. The van der Waals surface area contributed by atoms with Gasteiger partial charge in [0.15, 0.2) is 27.9 Å². The molecule has 70 heavy (non-hydrogen) atoms. The van der Waals surface area contributed by atoms with Crippen molar-refractivity contribution in [1.29, 1.82) is 0 Å². The number of hydrogen-bond donors (Lipinski definition) is 9. The minimum atomic E-state index is -5.16. The van der Waals surface area contributed by atoms with E-state index in [4.69, 9.17) is 31.9 Å². The third kappa shape index (κ3) is 13.0. The van der Waals surface area contributed by atoms with Gasteiger partial charge in [-0.2, -0.15) is 32.2 Å². The summed E-state index contributed by atoms with van der Waals surface area (Å²) in [6.45, 7) is -0.336. The van der Waals surface area contributed by atoms with Gasteiger partial charge in [0.05, 0.1) is 78.6 Å². The number of aromatic hydroxyl groups is 1. The van der Waals surface area contributed by atoms with E-state index in [9.17, 15) is 47.9 Å². The predicted molar refractivity (Wildman–Crippen MR) is 249 cm³/mol. The first kappa shape index (κ1) is 52.9. The molecule has 12 N–H and O–H groups in total. The zero-order valence-electron chi connectivity index (χ0n) is 34.6. The lowest BCUT2D eigenvalue weighted by atomic mass is 10.1. The Hall–Kier alpha value is -6.48. The van der Waals surface area contributed by atoms with Crippen LogP contribution in [0, 0.1) is 0 Å². The van der Waals surface area contributed by atoms with Gasteiger partial charge in [0.25, 0.3) is 30.3 Å². The van der Waals surface area contributed by atoms with Crippen LogP contribution in [0.4, 0.5) is 56.9 Å². The Morgan fingerprint density at radius 2 is 1.14 bits per heavy atom. The van der Waals surface area contributed by atoms with Gasteiger partial charge in [-0.25, -0.2) is 27.4 Å². The molecule has 6 rings (SSSR count). The lowest BCUT2D eigenvalue weighted by Crippen LogP contribution is -2.12. The molecule has 34 heteroatoms. The summed E-state index contributed by atoms with van der Waals surface area (Å²) in [4.78, 5) is -2.05. The van der Waals surface area contributed by atoms with Crippen molar-refractivity contribution in [2.45, 2.75) is 24.5 Å². The SMILES string of the molecule is Nc1cc(N)c(S(=O)(=O)O)cc1N=Nc1ccc(NS(=O)(=O)c2ccc(N=Nc3c(S(=O)(=O)O)cc4cc(SOOO)c(N=Nc5ccc(S(=O)(=O)CCOSOOO)cc5)c(N)c4c3O)cc2)cc1. The van der Waals surface area contributed by atoms with E-state index in [0.29, 0.717) is 12.0 Å². The van der Waals surface area contributed by atoms with Crippen LogP contribution in [-0.2, 0) is 63.0 Å². The fraction of sp³-hybridized carbons (Fsp3) is 0.0556. The normalized spacial score (nSPS) is 12.7. The van der Waals surface area contributed by atoms with E-state index in [1.54, 1.807) is 0 Å². The number of phenols is 1. The van der Waals surface area contributed by atoms with Crippen molar-refractivity contribution >= 4 is 132 Å². The molecule has 0 radical (unpaired) electrons. The first-order chi connectivity index (χ1) is 33.0. The second-order valence-corrected chi connectivity index (χ2v) is 21.3. The van der Waals surface area contributed by atoms with E-state index in [-0.39, 0.29) is 95.6 Å². The van der Waals surface area contributed by atoms with Crippen molar-refractivity contribution < 1.29 is 81.3 Å². The lowest BCUT2D eigenvalue weighted by molar-refractivity contribution is -0.434. The maximum Gasteiger partial charge on any atom is 0.296 e. The van der Waals surface area contributed by atoms with Crippen LogP contribution in [0.3, 0.4) is 0 Å². The topological polar surface area (TPSA) is 448 Å². The van der Waals surface area contributed by atoms with E-state index in [1.807, 2.05) is 0 Å². The summed E-state index contributed by atoms with van der Waals surface area (Å²) in [6.07, 6.45) is 0. The minimum absolute atomic E-state index is 0.0386. The van der Waals surface area contributed by atoms with Crippen molar-refractivity contribution in [3.05, 3.63) is 97.1 Å². The van der Waals surface area contributed by atoms with E-state index < -0.39 is 67.1 Å². The standard InChI is InChI=1S/C36H32N10O18S6/c37-26-17-27(38)30(69(54,55)56)18-28(26)43-40-20-1-3-23(4-2-20)46-68(52,53)25-11-7-22(8-12-25)42-45-35-31(70(57,58)59)16-19-15-29(65-63-61-48)34(33(39)32(19)36(35)47)44-41-21-5-9-24(10-6-21)67(50,51)14-13-60-66-64-62-49/h1-12,15-18,46-49H,13-14,37-39H2,(H,54,55,56)(H,57,58,59). The number of nitrogens with one attached hydrogen (secondary N) is 1. The van der Waals surface area contributed by atoms with Gasteiger partial charge in [0.2, 0.25) is 0 Å². The lowest BCUT2D eigenvalue weighted by Gasteiger charge is -2.14. The molecular weight excluding hydrogens is 1050 g/mol. The molecule has 0 bridgehead atoms. The highest BCUT2D eigenvalue weighted by atomic mass is 32.2. The Bertz CT molecular complexity index is 3480. The molecule has 0 saturated heterocycles. The fourth-order valence-corrected chi connectivity index (χ4v) is 10.1. The van der Waals surface area contributed by atoms with Crippen molar-refractivity contribution in [2.75, 3.05) is 34.3 Å². The van der Waals surface area contributed by atoms with Gasteiger partial charge in [-0.05, 0) is 102 Å². The first-order valence-corrected chi connectivity index (χ1v) is 25.9. The zero-order chi connectivity index (χ0) is 51.0. The Kier molecular flexibility index (Phi) is 16.7. The number of phenolic OH excluding ortho intramolecular Hbond substituents is 1. The molecule has 6 aromatic carbocycles. The van der Waals surface area contributed by atoms with Crippen LogP contribution in [0.15, 0.2) is 152 Å². The summed E-state index contributed by atoms with van der Waals surface area (Å²) in [5.41, 5.74) is 16.3. The van der Waals surface area contributed by atoms with Gasteiger partial charge < -0.3 is 22.3 Å². The number of benzene rings is 6. The predicted octanol–water partition coefficient (Wildman–Crippen LogP) is 8.04. The van der Waals surface area contributed by atoms with Crippen LogP contribution in [0.2, 0.25) is 0 Å². The fourth-order valence-electron chi connectivity index (χ4n) is 5.81. The van der Waals surface area contributed by atoms with Crippen molar-refractivity contribution in [3.8, 4) is 5.75 Å². The molecule has 0 aliphatic rings. The Balaban J connectivity index is 1.23. The van der Waals surface area contributed by atoms with E-state index in [1.165, 1.54) is 66.7 Å². The number of nitrogens with zero attached hydrogens (tertiary/aromatic N) is 6. The molecule has 0 fully saturated rings. The number of nitrogen functional groups attached to an aromatic ring is 3. The number of anilines is 4. The van der Waals surface area contributed by atoms with Gasteiger partial charge in [-0.15, -0.1) is 24.0 Å². The summed E-state index contributed by atoms with van der Waals surface area (Å²) in [5.74, 6) is -1.41. The third-order valence-corrected chi connectivity index (χ3v) is 14.9. The number of hydrogen-bond acceptors (Lipinski definition) is 27. The Morgan fingerprint density at radius 1 is 0.600 bits per heavy atom. The highest BCUT2D eigenvalue weighted by Gasteiger charge is 2.26. The van der Waals surface area contributed by atoms with Gasteiger partial charge in [-0.3, -0.25) is 18.0 Å². The molecular formula is C36H32N10O18S6. The smallest absolute Gasteiger partial charge is 0.296 e. The van der Waals surface area contributed by atoms with Crippen LogP contribution < -0.4 is 21.9 Å². The molecule has 6 aromatic rings. The number of azo groups is 3. The molecule has 0 aromatic heterocycles. The number of sulfone groups is 1. The summed E-state index contributed by atoms with van der Waals surface area (Å²) < 4.78 is 135. The summed E-state index contributed by atoms with van der Waals surface area (Å²) >= 11 is 0.524. The highest BCUT2D eigenvalue weighted by Crippen LogP contribution is 2.49. The maximum absolute atomic E-state index is 13.2. The first-order valence-electron chi connectivity index (χ1n) is 18.5. The monoisotopic (exact) mass is 1080 g/mol. The zero-order valence-corrected chi connectivity index (χ0v) is 39.5. The third-order valence-electron chi connectivity index (χ3n) is 8.99.